The second-order valence-corrected chi connectivity index (χ2v) is 6.44. The van der Waals surface area contributed by atoms with E-state index < -0.39 is 0 Å². The lowest BCUT2D eigenvalue weighted by atomic mass is 10.1. The molecule has 0 unspecified atom stereocenters. The van der Waals surface area contributed by atoms with E-state index >= 15 is 0 Å². The van der Waals surface area contributed by atoms with E-state index in [-0.39, 0.29) is 5.91 Å². The van der Waals surface area contributed by atoms with Crippen molar-refractivity contribution < 1.29 is 4.79 Å². The van der Waals surface area contributed by atoms with Gasteiger partial charge in [0.15, 0.2) is 0 Å². The standard InChI is InChI=1S/C17H21N5O/c1-20-8-6-19-16(20)12-21-7-4-14-15(21)9-17(23)22(14)11-13-3-2-5-18-10-13/h2-3,5-6,8,10,14-15H,4,7,9,11-12H2,1H3/t14-,15-/m1/s1. The SMILES string of the molecule is Cn1ccnc1CN1CC[C@@H]2[C@H]1CC(=O)N2Cc1cccnc1. The maximum atomic E-state index is 12.5. The van der Waals surface area contributed by atoms with Gasteiger partial charge in [0.05, 0.1) is 6.54 Å². The summed E-state index contributed by atoms with van der Waals surface area (Å²) in [4.78, 5) is 25.5. The lowest BCUT2D eigenvalue weighted by Gasteiger charge is -2.25. The van der Waals surface area contributed by atoms with Crippen molar-refractivity contribution in [2.24, 2.45) is 7.05 Å². The van der Waals surface area contributed by atoms with Crippen molar-refractivity contribution in [3.63, 3.8) is 0 Å². The zero-order chi connectivity index (χ0) is 15.8. The molecule has 120 valence electrons. The van der Waals surface area contributed by atoms with E-state index in [1.54, 1.807) is 6.20 Å². The van der Waals surface area contributed by atoms with Crippen molar-refractivity contribution in [2.75, 3.05) is 6.54 Å². The molecule has 2 aliphatic rings. The minimum atomic E-state index is 0.258. The predicted octanol–water partition coefficient (Wildman–Crippen LogP) is 1.19. The van der Waals surface area contributed by atoms with Crippen LogP contribution in [0, 0.1) is 0 Å². The summed E-state index contributed by atoms with van der Waals surface area (Å²) in [5.74, 6) is 1.32. The number of imidazole rings is 1. The number of aryl methyl sites for hydroxylation is 1. The fourth-order valence-corrected chi connectivity index (χ4v) is 3.83. The Balaban J connectivity index is 1.48. The summed E-state index contributed by atoms with van der Waals surface area (Å²) in [6.07, 6.45) is 9.08. The smallest absolute Gasteiger partial charge is 0.224 e. The molecule has 0 bridgehead atoms. The average molecular weight is 311 g/mol. The molecule has 2 aliphatic heterocycles. The molecule has 2 aromatic rings. The Kier molecular flexibility index (Phi) is 3.61. The monoisotopic (exact) mass is 311 g/mol. The first kappa shape index (κ1) is 14.4. The lowest BCUT2D eigenvalue weighted by Crippen LogP contribution is -2.37. The van der Waals surface area contributed by atoms with Crippen LogP contribution in [0.1, 0.15) is 24.2 Å². The van der Waals surface area contributed by atoms with Crippen molar-refractivity contribution in [3.8, 4) is 0 Å². The van der Waals surface area contributed by atoms with Gasteiger partial charge >= 0.3 is 0 Å². The second kappa shape index (κ2) is 5.77. The van der Waals surface area contributed by atoms with Gasteiger partial charge in [-0.3, -0.25) is 14.7 Å². The van der Waals surface area contributed by atoms with Crippen LogP contribution in [0.25, 0.3) is 0 Å². The molecule has 0 spiro atoms. The number of pyridine rings is 1. The average Bonchev–Trinajstić information content (AvgIpc) is 3.21. The molecular formula is C17H21N5O. The highest BCUT2D eigenvalue weighted by atomic mass is 16.2. The predicted molar refractivity (Wildman–Crippen MR) is 85.2 cm³/mol. The quantitative estimate of drug-likeness (QED) is 0.851. The largest absolute Gasteiger partial charge is 0.337 e. The summed E-state index contributed by atoms with van der Waals surface area (Å²) in [5, 5.41) is 0. The van der Waals surface area contributed by atoms with E-state index in [4.69, 9.17) is 0 Å². The van der Waals surface area contributed by atoms with Gasteiger partial charge in [-0.25, -0.2) is 4.98 Å². The minimum Gasteiger partial charge on any atom is -0.337 e. The Hall–Kier alpha value is -2.21. The number of carbonyl (C=O) groups excluding carboxylic acids is 1. The van der Waals surface area contributed by atoms with E-state index in [0.29, 0.717) is 25.0 Å². The molecule has 0 aliphatic carbocycles. The van der Waals surface area contributed by atoms with E-state index in [1.807, 2.05) is 42.7 Å². The van der Waals surface area contributed by atoms with Crippen molar-refractivity contribution >= 4 is 5.91 Å². The summed E-state index contributed by atoms with van der Waals surface area (Å²) >= 11 is 0. The maximum absolute atomic E-state index is 12.5. The molecule has 2 saturated heterocycles. The van der Waals surface area contributed by atoms with Gasteiger partial charge in [-0.2, -0.15) is 0 Å². The number of aromatic nitrogens is 3. The Labute approximate surface area is 135 Å². The molecule has 0 saturated carbocycles. The zero-order valence-electron chi connectivity index (χ0n) is 13.3. The number of amides is 1. The number of hydrogen-bond donors (Lipinski definition) is 0. The van der Waals surface area contributed by atoms with Crippen molar-refractivity contribution in [1.29, 1.82) is 0 Å². The number of likely N-dealkylation sites (tertiary alicyclic amines) is 2. The van der Waals surface area contributed by atoms with Crippen LogP contribution >= 0.6 is 0 Å². The van der Waals surface area contributed by atoms with Crippen LogP contribution in [-0.2, 0) is 24.9 Å². The number of carbonyl (C=O) groups is 1. The first-order valence-electron chi connectivity index (χ1n) is 8.11. The summed E-state index contributed by atoms with van der Waals surface area (Å²) < 4.78 is 2.05. The van der Waals surface area contributed by atoms with Crippen LogP contribution in [-0.4, -0.2) is 48.9 Å². The minimum absolute atomic E-state index is 0.258. The molecular weight excluding hydrogens is 290 g/mol. The van der Waals surface area contributed by atoms with Crippen LogP contribution in [0.15, 0.2) is 36.9 Å². The molecule has 6 heteroatoms. The third kappa shape index (κ3) is 2.63. The van der Waals surface area contributed by atoms with Crippen molar-refractivity contribution in [3.05, 3.63) is 48.3 Å². The highest BCUT2D eigenvalue weighted by molar-refractivity contribution is 5.80. The number of hydrogen-bond acceptors (Lipinski definition) is 4. The molecule has 0 aromatic carbocycles. The fourth-order valence-electron chi connectivity index (χ4n) is 3.83. The molecule has 2 fully saturated rings. The fraction of sp³-hybridized carbons (Fsp3) is 0.471. The van der Waals surface area contributed by atoms with E-state index in [9.17, 15) is 4.79 Å². The van der Waals surface area contributed by atoms with Gasteiger partial charge in [0.2, 0.25) is 5.91 Å². The van der Waals surface area contributed by atoms with E-state index in [1.165, 1.54) is 0 Å². The number of nitrogens with zero attached hydrogens (tertiary/aromatic N) is 5. The summed E-state index contributed by atoms with van der Waals surface area (Å²) in [6.45, 7) is 2.52. The van der Waals surface area contributed by atoms with Gasteiger partial charge < -0.3 is 9.47 Å². The van der Waals surface area contributed by atoms with Gasteiger partial charge in [-0.15, -0.1) is 0 Å². The van der Waals surface area contributed by atoms with Gasteiger partial charge in [0, 0.05) is 63.4 Å². The van der Waals surface area contributed by atoms with Crippen molar-refractivity contribution in [1.82, 2.24) is 24.3 Å². The third-order valence-corrected chi connectivity index (χ3v) is 5.07. The highest BCUT2D eigenvalue weighted by Gasteiger charge is 2.46. The van der Waals surface area contributed by atoms with Crippen LogP contribution in [0.4, 0.5) is 0 Å². The molecule has 4 heterocycles. The summed E-state index contributed by atoms with van der Waals surface area (Å²) in [7, 11) is 2.02. The van der Waals surface area contributed by atoms with Crippen LogP contribution in [0.3, 0.4) is 0 Å². The highest BCUT2D eigenvalue weighted by Crippen LogP contribution is 2.34. The second-order valence-electron chi connectivity index (χ2n) is 6.44. The summed E-state index contributed by atoms with van der Waals surface area (Å²) in [5.41, 5.74) is 1.10. The van der Waals surface area contributed by atoms with Gasteiger partial charge in [-0.05, 0) is 18.1 Å². The normalized spacial score (nSPS) is 24.4. The first-order chi connectivity index (χ1) is 11.2. The lowest BCUT2D eigenvalue weighted by molar-refractivity contribution is -0.129. The molecule has 2 aromatic heterocycles. The van der Waals surface area contributed by atoms with Crippen LogP contribution < -0.4 is 0 Å². The van der Waals surface area contributed by atoms with Crippen LogP contribution in [0.2, 0.25) is 0 Å². The van der Waals surface area contributed by atoms with Gasteiger partial charge in [-0.1, -0.05) is 6.07 Å². The topological polar surface area (TPSA) is 54.3 Å². The Morgan fingerprint density at radius 3 is 2.91 bits per heavy atom. The zero-order valence-corrected chi connectivity index (χ0v) is 13.3. The Morgan fingerprint density at radius 1 is 1.26 bits per heavy atom. The molecule has 1 amide bonds. The summed E-state index contributed by atoms with van der Waals surface area (Å²) in [6, 6.07) is 4.60. The molecule has 6 nitrogen and oxygen atoms in total. The number of rotatable bonds is 4. The van der Waals surface area contributed by atoms with Gasteiger partial charge in [0.25, 0.3) is 0 Å². The Morgan fingerprint density at radius 2 is 2.17 bits per heavy atom. The third-order valence-electron chi connectivity index (χ3n) is 5.07. The Bertz CT molecular complexity index is 698. The molecule has 0 radical (unpaired) electrons. The van der Waals surface area contributed by atoms with E-state index in [2.05, 4.69) is 19.4 Å². The van der Waals surface area contributed by atoms with E-state index in [0.717, 1.165) is 30.9 Å². The van der Waals surface area contributed by atoms with Crippen molar-refractivity contribution in [2.45, 2.75) is 38.0 Å². The van der Waals surface area contributed by atoms with Crippen LogP contribution in [0.5, 0.6) is 0 Å². The van der Waals surface area contributed by atoms with Gasteiger partial charge in [0.1, 0.15) is 5.82 Å². The molecule has 23 heavy (non-hydrogen) atoms. The molecule has 0 N–H and O–H groups in total. The number of fused-ring (bicyclic) bond motifs is 1. The maximum Gasteiger partial charge on any atom is 0.224 e. The molecule has 4 rings (SSSR count). The first-order valence-corrected chi connectivity index (χ1v) is 8.11. The molecule has 2 atom stereocenters.